The monoisotopic (exact) mass is 399 g/mol. The Morgan fingerprint density at radius 1 is 1.03 bits per heavy atom. The number of benzene rings is 1. The van der Waals surface area contributed by atoms with Gasteiger partial charge in [0.05, 0.1) is 25.9 Å². The van der Waals surface area contributed by atoms with Crippen LogP contribution in [0.5, 0.6) is 0 Å². The molecule has 0 aliphatic carbocycles. The number of carbonyl (C=O) groups is 2. The zero-order valence-electron chi connectivity index (χ0n) is 16.5. The van der Waals surface area contributed by atoms with E-state index in [1.165, 1.54) is 18.6 Å². The second-order valence-corrected chi connectivity index (χ2v) is 7.15. The van der Waals surface area contributed by atoms with E-state index in [1.807, 2.05) is 39.9 Å². The van der Waals surface area contributed by atoms with Gasteiger partial charge in [-0.3, -0.25) is 10.2 Å². The number of aromatic nitrogens is 2. The van der Waals surface area contributed by atoms with Gasteiger partial charge in [0.25, 0.3) is 5.91 Å². The van der Waals surface area contributed by atoms with Crippen molar-refractivity contribution in [3.8, 4) is 11.4 Å². The first-order chi connectivity index (χ1) is 14.2. The number of hydrogen-bond acceptors (Lipinski definition) is 7. The lowest BCUT2D eigenvalue weighted by Gasteiger charge is -2.28. The minimum absolute atomic E-state index is 0.238. The van der Waals surface area contributed by atoms with Crippen molar-refractivity contribution in [2.24, 2.45) is 0 Å². The summed E-state index contributed by atoms with van der Waals surface area (Å²) in [5, 5.41) is 3.45. The van der Waals surface area contributed by atoms with Gasteiger partial charge in [0.1, 0.15) is 5.82 Å². The molecule has 4 rings (SSSR count). The van der Waals surface area contributed by atoms with E-state index in [2.05, 4.69) is 15.1 Å². The van der Waals surface area contributed by atoms with Gasteiger partial charge in [-0.05, 0) is 12.8 Å². The summed E-state index contributed by atoms with van der Waals surface area (Å²) in [6.07, 6.45) is 2.54. The molecule has 0 unspecified atom stereocenters. The molecule has 1 aromatic heterocycles. The molecular weight excluding hydrogens is 374 g/mol. The van der Waals surface area contributed by atoms with E-state index >= 15 is 0 Å². The van der Waals surface area contributed by atoms with Crippen molar-refractivity contribution in [1.82, 2.24) is 25.0 Å². The van der Waals surface area contributed by atoms with Gasteiger partial charge < -0.3 is 14.1 Å². The Labute approximate surface area is 169 Å². The standard InChI is InChI=1S/C20H25N5O4/c1-28-20(27)29-24-12-13-25-16(14-24)17(19(26)22-23-10-6-3-7-11-23)21-18(25)15-8-4-2-5-9-15/h2,4-5,8-9H,3,6-7,10-14H2,1H3,(H,22,26). The Balaban J connectivity index is 1.64. The highest BCUT2D eigenvalue weighted by molar-refractivity contribution is 5.94. The van der Waals surface area contributed by atoms with E-state index in [-0.39, 0.29) is 12.5 Å². The number of fused-ring (bicyclic) bond motifs is 1. The predicted molar refractivity (Wildman–Crippen MR) is 104 cm³/mol. The van der Waals surface area contributed by atoms with Crippen molar-refractivity contribution in [1.29, 1.82) is 0 Å². The highest BCUT2D eigenvalue weighted by Crippen LogP contribution is 2.27. The predicted octanol–water partition coefficient (Wildman–Crippen LogP) is 2.19. The zero-order valence-corrected chi connectivity index (χ0v) is 16.5. The first-order valence-electron chi connectivity index (χ1n) is 9.87. The van der Waals surface area contributed by atoms with Crippen LogP contribution >= 0.6 is 0 Å². The second-order valence-electron chi connectivity index (χ2n) is 7.15. The van der Waals surface area contributed by atoms with Gasteiger partial charge in [-0.15, -0.1) is 5.06 Å². The minimum atomic E-state index is -0.777. The number of hydroxylamine groups is 2. The van der Waals surface area contributed by atoms with Crippen molar-refractivity contribution in [3.05, 3.63) is 41.7 Å². The Morgan fingerprint density at radius 2 is 1.79 bits per heavy atom. The molecule has 2 aliphatic rings. The summed E-state index contributed by atoms with van der Waals surface area (Å²) >= 11 is 0. The molecular formula is C20H25N5O4. The Bertz CT molecular complexity index is 876. The smallest absolute Gasteiger partial charge is 0.436 e. The molecule has 29 heavy (non-hydrogen) atoms. The number of rotatable bonds is 4. The van der Waals surface area contributed by atoms with Gasteiger partial charge in [0.15, 0.2) is 5.69 Å². The molecule has 0 spiro atoms. The lowest BCUT2D eigenvalue weighted by Crippen LogP contribution is -2.45. The van der Waals surface area contributed by atoms with Crippen molar-refractivity contribution >= 4 is 12.1 Å². The molecule has 0 radical (unpaired) electrons. The van der Waals surface area contributed by atoms with Crippen LogP contribution in [0.3, 0.4) is 0 Å². The maximum Gasteiger partial charge on any atom is 0.527 e. The minimum Gasteiger partial charge on any atom is -0.436 e. The summed E-state index contributed by atoms with van der Waals surface area (Å²) in [5.74, 6) is 0.500. The summed E-state index contributed by atoms with van der Waals surface area (Å²) in [6.45, 7) is 2.96. The Hall–Kier alpha value is -2.91. The van der Waals surface area contributed by atoms with Gasteiger partial charge in [0, 0.05) is 25.2 Å². The van der Waals surface area contributed by atoms with E-state index in [1.54, 1.807) is 0 Å². The number of methoxy groups -OCH3 is 1. The number of hydrogen-bond donors (Lipinski definition) is 1. The number of piperidine rings is 1. The summed E-state index contributed by atoms with van der Waals surface area (Å²) in [4.78, 5) is 34.4. The molecule has 1 amide bonds. The Kier molecular flexibility index (Phi) is 5.77. The number of imidazole rings is 1. The largest absolute Gasteiger partial charge is 0.527 e. The highest BCUT2D eigenvalue weighted by Gasteiger charge is 2.30. The zero-order chi connectivity index (χ0) is 20.2. The number of carbonyl (C=O) groups excluding carboxylic acids is 2. The number of ether oxygens (including phenoxy) is 1. The van der Waals surface area contributed by atoms with E-state index in [9.17, 15) is 9.59 Å². The van der Waals surface area contributed by atoms with Crippen molar-refractivity contribution < 1.29 is 19.2 Å². The highest BCUT2D eigenvalue weighted by atomic mass is 16.8. The van der Waals surface area contributed by atoms with Crippen LogP contribution in [0.15, 0.2) is 30.3 Å². The molecule has 0 atom stereocenters. The van der Waals surface area contributed by atoms with Crippen LogP contribution in [-0.2, 0) is 22.7 Å². The van der Waals surface area contributed by atoms with Crippen LogP contribution in [0, 0.1) is 0 Å². The second kappa shape index (κ2) is 8.62. The van der Waals surface area contributed by atoms with Crippen molar-refractivity contribution in [3.63, 3.8) is 0 Å². The first-order valence-corrected chi connectivity index (χ1v) is 9.87. The SMILES string of the molecule is COC(=O)ON1CCn2c(-c3ccccc3)nc(C(=O)NN3CCCCC3)c2C1. The summed E-state index contributed by atoms with van der Waals surface area (Å²) in [7, 11) is 1.27. The average Bonchev–Trinajstić information content (AvgIpc) is 3.14. The van der Waals surface area contributed by atoms with Gasteiger partial charge >= 0.3 is 6.16 Å². The summed E-state index contributed by atoms with van der Waals surface area (Å²) in [5.41, 5.74) is 4.99. The molecule has 3 heterocycles. The quantitative estimate of drug-likeness (QED) is 0.789. The van der Waals surface area contributed by atoms with Crippen molar-refractivity contribution in [2.75, 3.05) is 26.7 Å². The normalized spacial score (nSPS) is 17.4. The lowest BCUT2D eigenvalue weighted by molar-refractivity contribution is -0.139. The van der Waals surface area contributed by atoms with Gasteiger partial charge in [-0.25, -0.2) is 14.8 Å². The van der Waals surface area contributed by atoms with Gasteiger partial charge in [0.2, 0.25) is 0 Å². The maximum absolute atomic E-state index is 13.0. The van der Waals surface area contributed by atoms with Crippen LogP contribution in [0.2, 0.25) is 0 Å². The molecule has 1 fully saturated rings. The molecule has 2 aliphatic heterocycles. The molecule has 154 valence electrons. The third kappa shape index (κ3) is 4.25. The van der Waals surface area contributed by atoms with Crippen LogP contribution < -0.4 is 5.43 Å². The van der Waals surface area contributed by atoms with Crippen LogP contribution in [0.1, 0.15) is 35.4 Å². The van der Waals surface area contributed by atoms with Crippen molar-refractivity contribution in [2.45, 2.75) is 32.4 Å². The molecule has 0 saturated carbocycles. The molecule has 1 N–H and O–H groups in total. The molecule has 9 nitrogen and oxygen atoms in total. The number of hydrazine groups is 1. The molecule has 1 saturated heterocycles. The molecule has 2 aromatic rings. The topological polar surface area (TPSA) is 88.9 Å². The van der Waals surface area contributed by atoms with E-state index in [4.69, 9.17) is 4.84 Å². The van der Waals surface area contributed by atoms with E-state index in [0.717, 1.165) is 37.3 Å². The first kappa shape index (κ1) is 19.4. The van der Waals surface area contributed by atoms with Gasteiger partial charge in [-0.2, -0.15) is 0 Å². The number of nitrogens with one attached hydrogen (secondary N) is 1. The number of amides is 1. The van der Waals surface area contributed by atoms with Crippen LogP contribution in [-0.4, -0.2) is 58.4 Å². The Morgan fingerprint density at radius 3 is 2.52 bits per heavy atom. The number of nitrogens with zero attached hydrogens (tertiary/aromatic N) is 4. The van der Waals surface area contributed by atoms with E-state index in [0.29, 0.717) is 24.5 Å². The van der Waals surface area contributed by atoms with E-state index < -0.39 is 6.16 Å². The molecule has 1 aromatic carbocycles. The van der Waals surface area contributed by atoms with Crippen LogP contribution in [0.25, 0.3) is 11.4 Å². The molecule has 9 heteroatoms. The molecule has 0 bridgehead atoms. The fourth-order valence-corrected chi connectivity index (χ4v) is 3.76. The average molecular weight is 399 g/mol. The fourth-order valence-electron chi connectivity index (χ4n) is 3.76. The summed E-state index contributed by atoms with van der Waals surface area (Å²) < 4.78 is 6.61. The summed E-state index contributed by atoms with van der Waals surface area (Å²) in [6, 6.07) is 9.78. The lowest BCUT2D eigenvalue weighted by atomic mass is 10.2. The fraction of sp³-hybridized carbons (Fsp3) is 0.450. The van der Waals surface area contributed by atoms with Gasteiger partial charge in [-0.1, -0.05) is 36.8 Å². The third-order valence-electron chi connectivity index (χ3n) is 5.20. The maximum atomic E-state index is 13.0. The third-order valence-corrected chi connectivity index (χ3v) is 5.20. The van der Waals surface area contributed by atoms with Crippen LogP contribution in [0.4, 0.5) is 4.79 Å².